The van der Waals surface area contributed by atoms with Crippen molar-refractivity contribution in [2.75, 3.05) is 26.3 Å². The highest BCUT2D eigenvalue weighted by atomic mass is 35.5. The number of nitrogens with zero attached hydrogens (tertiary/aromatic N) is 2. The van der Waals surface area contributed by atoms with Crippen molar-refractivity contribution >= 4 is 17.3 Å². The van der Waals surface area contributed by atoms with Crippen LogP contribution in [0.15, 0.2) is 29.4 Å². The third kappa shape index (κ3) is 3.12. The first kappa shape index (κ1) is 15.4. The van der Waals surface area contributed by atoms with Gasteiger partial charge in [0.15, 0.2) is 0 Å². The van der Waals surface area contributed by atoms with Crippen LogP contribution in [0.4, 0.5) is 0 Å². The molecule has 0 amide bonds. The van der Waals surface area contributed by atoms with E-state index < -0.39 is 0 Å². The highest BCUT2D eigenvalue weighted by Crippen LogP contribution is 2.42. The molecular formula is C18H24ClN3O. The van der Waals surface area contributed by atoms with Crippen molar-refractivity contribution in [1.29, 1.82) is 0 Å². The number of hydrazone groups is 1. The maximum atomic E-state index is 6.10. The van der Waals surface area contributed by atoms with Crippen LogP contribution in [0.25, 0.3) is 0 Å². The molecule has 0 bridgehead atoms. The Labute approximate surface area is 142 Å². The topological polar surface area (TPSA) is 36.9 Å². The summed E-state index contributed by atoms with van der Waals surface area (Å²) in [5, 5.41) is 11.8. The molecule has 2 saturated heterocycles. The lowest BCUT2D eigenvalue weighted by molar-refractivity contribution is 0.0176. The van der Waals surface area contributed by atoms with Crippen LogP contribution in [0.5, 0.6) is 0 Å². The van der Waals surface area contributed by atoms with Gasteiger partial charge in [-0.1, -0.05) is 23.7 Å². The van der Waals surface area contributed by atoms with Crippen molar-refractivity contribution in [1.82, 2.24) is 10.3 Å². The van der Waals surface area contributed by atoms with Crippen LogP contribution in [-0.4, -0.2) is 43.1 Å². The van der Waals surface area contributed by atoms with Crippen LogP contribution in [0.2, 0.25) is 5.02 Å². The average molecular weight is 334 g/mol. The van der Waals surface area contributed by atoms with Gasteiger partial charge in [0.2, 0.25) is 0 Å². The van der Waals surface area contributed by atoms with E-state index in [9.17, 15) is 0 Å². The summed E-state index contributed by atoms with van der Waals surface area (Å²) in [5.41, 5.74) is 2.72. The fourth-order valence-electron chi connectivity index (χ4n) is 4.11. The number of halogens is 1. The minimum absolute atomic E-state index is 0.352. The largest absolute Gasteiger partial charge is 0.381 e. The molecule has 124 valence electrons. The standard InChI is InChI=1S/C18H24ClN3O/c19-14-3-1-13(2-4-14)18-16-5-9-20-10-6-17(16)21-22(18)15-7-11-23-12-8-15/h1-4,15-16,18,20H,5-12H2. The van der Waals surface area contributed by atoms with E-state index in [0.717, 1.165) is 57.0 Å². The SMILES string of the molecule is Clc1ccc(C2C3CCNCCC3=NN2C2CCOCC2)cc1. The molecule has 0 spiro atoms. The lowest BCUT2D eigenvalue weighted by Crippen LogP contribution is -2.38. The molecule has 1 aromatic rings. The number of rotatable bonds is 2. The Bertz CT molecular complexity index is 568. The van der Waals surface area contributed by atoms with E-state index in [2.05, 4.69) is 22.5 Å². The highest BCUT2D eigenvalue weighted by Gasteiger charge is 2.41. The molecule has 3 aliphatic rings. The Morgan fingerprint density at radius 1 is 1.09 bits per heavy atom. The maximum Gasteiger partial charge on any atom is 0.0804 e. The Hall–Kier alpha value is -1.10. The highest BCUT2D eigenvalue weighted by molar-refractivity contribution is 6.30. The van der Waals surface area contributed by atoms with Crippen LogP contribution in [0.3, 0.4) is 0 Å². The molecule has 1 N–H and O–H groups in total. The third-order valence-electron chi connectivity index (χ3n) is 5.30. The Balaban J connectivity index is 1.67. The fraction of sp³-hybridized carbons (Fsp3) is 0.611. The predicted molar refractivity (Wildman–Crippen MR) is 92.9 cm³/mol. The predicted octanol–water partition coefficient (Wildman–Crippen LogP) is 3.23. The van der Waals surface area contributed by atoms with Crippen molar-refractivity contribution in [3.8, 4) is 0 Å². The lowest BCUT2D eigenvalue weighted by atomic mass is 9.86. The van der Waals surface area contributed by atoms with Gasteiger partial charge in [-0.15, -0.1) is 0 Å². The number of hydrogen-bond donors (Lipinski definition) is 1. The molecule has 0 radical (unpaired) electrons. The van der Waals surface area contributed by atoms with Crippen LogP contribution >= 0.6 is 11.6 Å². The minimum Gasteiger partial charge on any atom is -0.381 e. The molecule has 4 nitrogen and oxygen atoms in total. The average Bonchev–Trinajstić information content (AvgIpc) is 2.79. The number of hydrogen-bond acceptors (Lipinski definition) is 4. The van der Waals surface area contributed by atoms with Crippen molar-refractivity contribution in [3.05, 3.63) is 34.9 Å². The van der Waals surface area contributed by atoms with E-state index in [0.29, 0.717) is 18.0 Å². The zero-order valence-electron chi connectivity index (χ0n) is 13.4. The van der Waals surface area contributed by atoms with E-state index in [1.54, 1.807) is 0 Å². The van der Waals surface area contributed by atoms with E-state index in [1.165, 1.54) is 11.3 Å². The van der Waals surface area contributed by atoms with Crippen LogP contribution < -0.4 is 5.32 Å². The van der Waals surface area contributed by atoms with Crippen molar-refractivity contribution in [2.45, 2.75) is 37.8 Å². The first-order valence-electron chi connectivity index (χ1n) is 8.72. The van der Waals surface area contributed by atoms with E-state index >= 15 is 0 Å². The van der Waals surface area contributed by atoms with Gasteiger partial charge in [-0.05, 0) is 43.5 Å². The molecule has 3 aliphatic heterocycles. The normalized spacial score (nSPS) is 29.1. The first-order chi connectivity index (χ1) is 11.3. The zero-order chi connectivity index (χ0) is 15.6. The molecule has 2 fully saturated rings. The second-order valence-corrected chi connectivity index (χ2v) is 7.14. The third-order valence-corrected chi connectivity index (χ3v) is 5.56. The minimum atomic E-state index is 0.352. The van der Waals surface area contributed by atoms with Crippen molar-refractivity contribution < 1.29 is 4.74 Å². The quantitative estimate of drug-likeness (QED) is 0.902. The number of ether oxygens (including phenoxy) is 1. The molecule has 3 heterocycles. The van der Waals surface area contributed by atoms with Gasteiger partial charge in [0, 0.05) is 42.8 Å². The van der Waals surface area contributed by atoms with E-state index in [1.807, 2.05) is 12.1 Å². The summed E-state index contributed by atoms with van der Waals surface area (Å²) in [4.78, 5) is 0. The van der Waals surface area contributed by atoms with Crippen LogP contribution in [0, 0.1) is 5.92 Å². The summed E-state index contributed by atoms with van der Waals surface area (Å²) in [6, 6.07) is 9.21. The Kier molecular flexibility index (Phi) is 4.56. The summed E-state index contributed by atoms with van der Waals surface area (Å²) in [5.74, 6) is 0.522. The molecule has 23 heavy (non-hydrogen) atoms. The smallest absolute Gasteiger partial charge is 0.0804 e. The maximum absolute atomic E-state index is 6.10. The summed E-state index contributed by atoms with van der Waals surface area (Å²) >= 11 is 6.10. The molecule has 0 saturated carbocycles. The van der Waals surface area contributed by atoms with Gasteiger partial charge in [-0.3, -0.25) is 5.01 Å². The molecule has 2 atom stereocenters. The molecule has 4 rings (SSSR count). The molecule has 0 aromatic heterocycles. The van der Waals surface area contributed by atoms with Crippen molar-refractivity contribution in [2.24, 2.45) is 11.0 Å². The Morgan fingerprint density at radius 3 is 2.65 bits per heavy atom. The number of benzene rings is 1. The van der Waals surface area contributed by atoms with Crippen LogP contribution in [-0.2, 0) is 4.74 Å². The summed E-state index contributed by atoms with van der Waals surface area (Å²) < 4.78 is 5.55. The van der Waals surface area contributed by atoms with E-state index in [4.69, 9.17) is 21.4 Å². The second-order valence-electron chi connectivity index (χ2n) is 6.71. The number of nitrogens with one attached hydrogen (secondary N) is 1. The Morgan fingerprint density at radius 2 is 1.87 bits per heavy atom. The lowest BCUT2D eigenvalue weighted by Gasteiger charge is -2.36. The van der Waals surface area contributed by atoms with Gasteiger partial charge in [0.25, 0.3) is 0 Å². The summed E-state index contributed by atoms with van der Waals surface area (Å²) in [7, 11) is 0. The second kappa shape index (κ2) is 6.80. The first-order valence-corrected chi connectivity index (χ1v) is 9.10. The molecule has 0 aliphatic carbocycles. The van der Waals surface area contributed by atoms with Gasteiger partial charge in [-0.2, -0.15) is 5.10 Å². The summed E-state index contributed by atoms with van der Waals surface area (Å²) in [6.07, 6.45) is 4.37. The van der Waals surface area contributed by atoms with Crippen molar-refractivity contribution in [3.63, 3.8) is 0 Å². The van der Waals surface area contributed by atoms with E-state index in [-0.39, 0.29) is 0 Å². The van der Waals surface area contributed by atoms with Gasteiger partial charge in [0.1, 0.15) is 0 Å². The van der Waals surface area contributed by atoms with Gasteiger partial charge >= 0.3 is 0 Å². The molecule has 2 unspecified atom stereocenters. The fourth-order valence-corrected chi connectivity index (χ4v) is 4.24. The van der Waals surface area contributed by atoms with Gasteiger partial charge in [-0.25, -0.2) is 0 Å². The molecule has 5 heteroatoms. The number of fused-ring (bicyclic) bond motifs is 1. The van der Waals surface area contributed by atoms with Gasteiger partial charge in [0.05, 0.1) is 12.1 Å². The molecule has 1 aromatic carbocycles. The summed E-state index contributed by atoms with van der Waals surface area (Å²) in [6.45, 7) is 3.83. The monoisotopic (exact) mass is 333 g/mol. The van der Waals surface area contributed by atoms with Crippen LogP contribution in [0.1, 0.15) is 37.3 Å². The van der Waals surface area contributed by atoms with Gasteiger partial charge < -0.3 is 10.1 Å². The molecular weight excluding hydrogens is 310 g/mol. The zero-order valence-corrected chi connectivity index (χ0v) is 14.1.